The monoisotopic (exact) mass is 516 g/mol. The molecular weight excluding hydrogens is 502 g/mol. The number of nitrogens with zero attached hydrogens (tertiary/aromatic N) is 1. The number of benzene rings is 3. The van der Waals surface area contributed by atoms with Crippen molar-refractivity contribution < 1.29 is 23.8 Å². The Labute approximate surface area is 208 Å². The Kier molecular flexibility index (Phi) is 7.21. The van der Waals surface area contributed by atoms with Crippen LogP contribution in [0.15, 0.2) is 70.6 Å². The zero-order valence-corrected chi connectivity index (χ0v) is 19.5. The van der Waals surface area contributed by atoms with Crippen molar-refractivity contribution in [2.75, 3.05) is 0 Å². The van der Waals surface area contributed by atoms with Gasteiger partial charge in [-0.15, -0.1) is 0 Å². The minimum Gasteiger partial charge on any atom is -0.486 e. The molecule has 0 aromatic heterocycles. The van der Waals surface area contributed by atoms with Gasteiger partial charge < -0.3 is 15.2 Å². The van der Waals surface area contributed by atoms with E-state index < -0.39 is 5.97 Å². The topological polar surface area (TPSA) is 88.0 Å². The summed E-state index contributed by atoms with van der Waals surface area (Å²) in [6.07, 6.45) is 1.62. The number of thioether (sulfide) groups is 1. The lowest BCUT2D eigenvalue weighted by Crippen LogP contribution is -2.19. The second-order valence-corrected chi connectivity index (χ2v) is 8.91. The number of ether oxygens (including phenoxy) is 1. The lowest BCUT2D eigenvalue weighted by atomic mass is 10.1. The minimum atomic E-state index is -1.01. The van der Waals surface area contributed by atoms with Crippen LogP contribution in [0.4, 0.5) is 10.1 Å². The highest BCUT2D eigenvalue weighted by Gasteiger charge is 2.24. The summed E-state index contributed by atoms with van der Waals surface area (Å²) in [5.41, 5.74) is 2.02. The Morgan fingerprint density at radius 3 is 2.35 bits per heavy atom. The van der Waals surface area contributed by atoms with E-state index in [-0.39, 0.29) is 39.7 Å². The van der Waals surface area contributed by atoms with Crippen LogP contribution in [0.2, 0.25) is 10.0 Å². The van der Waals surface area contributed by atoms with E-state index in [0.29, 0.717) is 21.3 Å². The van der Waals surface area contributed by atoms with Crippen molar-refractivity contribution in [3.63, 3.8) is 0 Å². The summed E-state index contributed by atoms with van der Waals surface area (Å²) in [5.74, 6) is -1.44. The fourth-order valence-corrected chi connectivity index (χ4v) is 4.42. The predicted octanol–water partition coefficient (Wildman–Crippen LogP) is 6.30. The quantitative estimate of drug-likeness (QED) is 0.375. The molecule has 0 spiro atoms. The van der Waals surface area contributed by atoms with Gasteiger partial charge >= 0.3 is 5.97 Å². The van der Waals surface area contributed by atoms with Crippen molar-refractivity contribution in [3.05, 3.63) is 98.1 Å². The maximum absolute atomic E-state index is 13.1. The minimum absolute atomic E-state index is 0.140. The summed E-state index contributed by atoms with van der Waals surface area (Å²) in [4.78, 5) is 28.0. The highest BCUT2D eigenvalue weighted by atomic mass is 35.5. The average molecular weight is 517 g/mol. The van der Waals surface area contributed by atoms with Gasteiger partial charge in [-0.25, -0.2) is 14.2 Å². The first-order valence-corrected chi connectivity index (χ1v) is 11.3. The molecule has 6 nitrogen and oxygen atoms in total. The molecule has 1 saturated heterocycles. The molecule has 10 heteroatoms. The molecule has 1 amide bonds. The Bertz CT molecular complexity index is 1300. The number of carbonyl (C=O) groups is 2. The third-order valence-corrected chi connectivity index (χ3v) is 6.08. The molecule has 3 aromatic carbocycles. The number of aromatic carboxylic acids is 1. The SMILES string of the molecule is O=C1NC(=Nc2ccc(F)cc2)S/C1=C/c1cc(Cl)c(OCc2ccc(C(=O)O)cc2)c(Cl)c1. The second-order valence-electron chi connectivity index (χ2n) is 7.06. The number of aliphatic imine (C=N–C) groups is 1. The molecule has 0 aliphatic carbocycles. The number of rotatable bonds is 6. The van der Waals surface area contributed by atoms with Crippen LogP contribution < -0.4 is 10.1 Å². The van der Waals surface area contributed by atoms with Crippen molar-refractivity contribution in [3.8, 4) is 5.75 Å². The van der Waals surface area contributed by atoms with E-state index in [2.05, 4.69) is 10.3 Å². The normalized spacial score (nSPS) is 15.6. The van der Waals surface area contributed by atoms with Crippen LogP contribution in [0.3, 0.4) is 0 Å². The number of carboxylic acids is 1. The number of halogens is 3. The summed E-state index contributed by atoms with van der Waals surface area (Å²) in [6, 6.07) is 15.1. The number of hydrogen-bond donors (Lipinski definition) is 2. The number of nitrogens with one attached hydrogen (secondary N) is 1. The lowest BCUT2D eigenvalue weighted by molar-refractivity contribution is -0.115. The zero-order valence-electron chi connectivity index (χ0n) is 17.2. The van der Waals surface area contributed by atoms with E-state index >= 15 is 0 Å². The van der Waals surface area contributed by atoms with Crippen molar-refractivity contribution in [2.45, 2.75) is 6.61 Å². The summed E-state index contributed by atoms with van der Waals surface area (Å²) >= 11 is 13.9. The molecule has 3 aromatic rings. The van der Waals surface area contributed by atoms with Crippen LogP contribution in [0.25, 0.3) is 6.08 Å². The van der Waals surface area contributed by atoms with E-state index in [1.807, 2.05) is 0 Å². The highest BCUT2D eigenvalue weighted by molar-refractivity contribution is 8.18. The van der Waals surface area contributed by atoms with E-state index in [4.69, 9.17) is 33.0 Å². The number of amidine groups is 1. The molecule has 0 radical (unpaired) electrons. The summed E-state index contributed by atoms with van der Waals surface area (Å²) in [6.45, 7) is 0.140. The maximum Gasteiger partial charge on any atom is 0.335 e. The molecule has 0 saturated carbocycles. The van der Waals surface area contributed by atoms with Crippen molar-refractivity contribution in [2.24, 2.45) is 4.99 Å². The molecule has 1 fully saturated rings. The predicted molar refractivity (Wildman–Crippen MR) is 131 cm³/mol. The van der Waals surface area contributed by atoms with Gasteiger partial charge in [-0.2, -0.15) is 0 Å². The van der Waals surface area contributed by atoms with Gasteiger partial charge in [0.25, 0.3) is 5.91 Å². The van der Waals surface area contributed by atoms with E-state index in [9.17, 15) is 14.0 Å². The summed E-state index contributed by atoms with van der Waals surface area (Å²) in [7, 11) is 0. The standard InChI is InChI=1S/C24H15Cl2FN2O4S/c25-18-9-14(10-19(26)21(18)33-12-13-1-3-15(4-2-13)23(31)32)11-20-22(30)29-24(34-20)28-17-7-5-16(27)6-8-17/h1-11H,12H2,(H,31,32)(H,28,29,30)/b20-11+. The van der Waals surface area contributed by atoms with Crippen molar-refractivity contribution >= 4 is 63.8 Å². The van der Waals surface area contributed by atoms with Gasteiger partial charge in [-0.05, 0) is 77.5 Å². The molecule has 0 bridgehead atoms. The molecule has 0 atom stereocenters. The van der Waals surface area contributed by atoms with Gasteiger partial charge in [0.1, 0.15) is 12.4 Å². The molecule has 1 aliphatic rings. The van der Waals surface area contributed by atoms with Crippen LogP contribution in [0.5, 0.6) is 5.75 Å². The maximum atomic E-state index is 13.1. The fraction of sp³-hybridized carbons (Fsp3) is 0.0417. The molecule has 1 aliphatic heterocycles. The van der Waals surface area contributed by atoms with Crippen molar-refractivity contribution in [1.29, 1.82) is 0 Å². The molecule has 1 heterocycles. The average Bonchev–Trinajstić information content (AvgIpc) is 3.13. The van der Waals surface area contributed by atoms with Gasteiger partial charge in [0.15, 0.2) is 10.9 Å². The molecule has 0 unspecified atom stereocenters. The van der Waals surface area contributed by atoms with Crippen LogP contribution in [0, 0.1) is 5.82 Å². The van der Waals surface area contributed by atoms with Crippen molar-refractivity contribution in [1.82, 2.24) is 5.32 Å². The van der Waals surface area contributed by atoms with Crippen LogP contribution in [-0.2, 0) is 11.4 Å². The van der Waals surface area contributed by atoms with Gasteiger partial charge in [0.05, 0.1) is 26.2 Å². The van der Waals surface area contributed by atoms with E-state index in [1.165, 1.54) is 36.4 Å². The molecule has 172 valence electrons. The molecule has 4 rings (SSSR count). The third-order valence-electron chi connectivity index (χ3n) is 4.61. The van der Waals surface area contributed by atoms with Gasteiger partial charge in [-0.1, -0.05) is 35.3 Å². The van der Waals surface area contributed by atoms with Gasteiger partial charge in [0, 0.05) is 0 Å². The third kappa shape index (κ3) is 5.77. The van der Waals surface area contributed by atoms with E-state index in [1.54, 1.807) is 30.3 Å². The fourth-order valence-electron chi connectivity index (χ4n) is 2.96. The van der Waals surface area contributed by atoms with Gasteiger partial charge in [0.2, 0.25) is 0 Å². The Balaban J connectivity index is 1.47. The second kappa shape index (κ2) is 10.3. The number of carboxylic acid groups (broad SMARTS) is 1. The van der Waals surface area contributed by atoms with Crippen LogP contribution >= 0.6 is 35.0 Å². The largest absolute Gasteiger partial charge is 0.486 e. The smallest absolute Gasteiger partial charge is 0.335 e. The van der Waals surface area contributed by atoms with Crippen LogP contribution in [0.1, 0.15) is 21.5 Å². The zero-order chi connectivity index (χ0) is 24.2. The number of hydrogen-bond acceptors (Lipinski definition) is 5. The summed E-state index contributed by atoms with van der Waals surface area (Å²) in [5, 5.41) is 12.5. The lowest BCUT2D eigenvalue weighted by Gasteiger charge is -2.11. The number of carbonyl (C=O) groups excluding carboxylic acids is 1. The number of amides is 1. The Hall–Kier alpha value is -3.33. The molecular formula is C24H15Cl2FN2O4S. The van der Waals surface area contributed by atoms with Gasteiger partial charge in [-0.3, -0.25) is 4.79 Å². The molecule has 2 N–H and O–H groups in total. The molecule has 34 heavy (non-hydrogen) atoms. The van der Waals surface area contributed by atoms with Crippen LogP contribution in [-0.4, -0.2) is 22.2 Å². The first kappa shape index (κ1) is 23.8. The Morgan fingerprint density at radius 1 is 1.09 bits per heavy atom. The first-order chi connectivity index (χ1) is 16.3. The highest BCUT2D eigenvalue weighted by Crippen LogP contribution is 2.37. The van der Waals surface area contributed by atoms with E-state index in [0.717, 1.165) is 17.3 Å². The Morgan fingerprint density at radius 2 is 1.74 bits per heavy atom. The first-order valence-electron chi connectivity index (χ1n) is 9.78. The summed E-state index contributed by atoms with van der Waals surface area (Å²) < 4.78 is 18.8.